The Morgan fingerprint density at radius 2 is 1.85 bits per heavy atom. The lowest BCUT2D eigenvalue weighted by Gasteiger charge is -2.28. The summed E-state index contributed by atoms with van der Waals surface area (Å²) in [5.41, 5.74) is 0.417. The van der Waals surface area contributed by atoms with Crippen LogP contribution >= 0.6 is 11.6 Å². The molecule has 2 aromatic carbocycles. The van der Waals surface area contributed by atoms with Crippen LogP contribution in [0.15, 0.2) is 36.7 Å². The van der Waals surface area contributed by atoms with Gasteiger partial charge in [-0.2, -0.15) is 0 Å². The summed E-state index contributed by atoms with van der Waals surface area (Å²) in [6.45, 7) is -1.79. The van der Waals surface area contributed by atoms with Crippen molar-refractivity contribution in [3.05, 3.63) is 47.5 Å². The van der Waals surface area contributed by atoms with E-state index in [1.807, 2.05) is 0 Å². The Morgan fingerprint density at radius 1 is 1.09 bits per heavy atom. The first kappa shape index (κ1) is 24.8. The third kappa shape index (κ3) is 5.40. The van der Waals surface area contributed by atoms with Gasteiger partial charge in [0.15, 0.2) is 29.6 Å². The number of hydrogen-bond donors (Lipinski definition) is 5. The molecule has 3 aromatic rings. The van der Waals surface area contributed by atoms with Gasteiger partial charge in [-0.25, -0.2) is 18.7 Å². The Kier molecular flexibility index (Phi) is 8.16. The van der Waals surface area contributed by atoms with Gasteiger partial charge in [-0.15, -0.1) is 0 Å². The summed E-state index contributed by atoms with van der Waals surface area (Å²) in [7, 11) is 1.34. The Morgan fingerprint density at radius 3 is 2.52 bits per heavy atom. The van der Waals surface area contributed by atoms with E-state index in [2.05, 4.69) is 15.3 Å². The summed E-state index contributed by atoms with van der Waals surface area (Å²) >= 11 is 5.83. The van der Waals surface area contributed by atoms with Gasteiger partial charge in [-0.05, 0) is 18.2 Å². The van der Waals surface area contributed by atoms with E-state index in [-0.39, 0.29) is 28.0 Å². The number of methoxy groups -OCH3 is 1. The van der Waals surface area contributed by atoms with E-state index in [0.29, 0.717) is 10.9 Å². The van der Waals surface area contributed by atoms with Crippen LogP contribution < -0.4 is 14.8 Å². The second-order valence-corrected chi connectivity index (χ2v) is 7.39. The molecule has 0 fully saturated rings. The fourth-order valence-electron chi connectivity index (χ4n) is 3.06. The zero-order valence-corrected chi connectivity index (χ0v) is 18.1. The largest absolute Gasteiger partial charge is 0.493 e. The van der Waals surface area contributed by atoms with Crippen molar-refractivity contribution in [1.82, 2.24) is 9.97 Å². The number of halogens is 3. The van der Waals surface area contributed by atoms with Gasteiger partial charge in [0.25, 0.3) is 0 Å². The van der Waals surface area contributed by atoms with E-state index < -0.39 is 43.5 Å². The molecular formula is C21H22ClF2N3O6. The first-order valence-electron chi connectivity index (χ1n) is 9.73. The second kappa shape index (κ2) is 10.9. The number of aliphatic hydroxyl groups is 4. The first-order valence-corrected chi connectivity index (χ1v) is 10.1. The van der Waals surface area contributed by atoms with Crippen molar-refractivity contribution in [1.29, 1.82) is 0 Å². The molecule has 1 aromatic heterocycles. The molecule has 3 rings (SSSR count). The van der Waals surface area contributed by atoms with E-state index >= 15 is 0 Å². The molecule has 0 aliphatic heterocycles. The van der Waals surface area contributed by atoms with Gasteiger partial charge in [-0.3, -0.25) is 0 Å². The molecule has 0 radical (unpaired) electrons. The number of nitrogens with one attached hydrogen (secondary N) is 1. The number of anilines is 2. The van der Waals surface area contributed by atoms with Crippen LogP contribution in [0.3, 0.4) is 0 Å². The summed E-state index contributed by atoms with van der Waals surface area (Å²) in [6.07, 6.45) is -6.21. The van der Waals surface area contributed by atoms with Crippen LogP contribution in [0.5, 0.6) is 11.5 Å². The fraction of sp³-hybridized carbons (Fsp3) is 0.333. The van der Waals surface area contributed by atoms with Crippen molar-refractivity contribution < 1.29 is 38.7 Å². The molecule has 0 aliphatic rings. The predicted octanol–water partition coefficient (Wildman–Crippen LogP) is 1.97. The van der Waals surface area contributed by atoms with Gasteiger partial charge in [0.05, 0.1) is 36.6 Å². The number of fused-ring (bicyclic) bond motifs is 1. The molecule has 0 amide bonds. The fourth-order valence-corrected chi connectivity index (χ4v) is 3.24. The van der Waals surface area contributed by atoms with E-state index in [4.69, 9.17) is 26.2 Å². The Labute approximate surface area is 192 Å². The van der Waals surface area contributed by atoms with Crippen LogP contribution in [0.1, 0.15) is 0 Å². The topological polar surface area (TPSA) is 137 Å². The van der Waals surface area contributed by atoms with Crippen LogP contribution in [0.4, 0.5) is 20.3 Å². The Bertz CT molecular complexity index is 1110. The molecule has 0 aliphatic carbocycles. The van der Waals surface area contributed by atoms with Crippen molar-refractivity contribution in [3.63, 3.8) is 0 Å². The minimum Gasteiger partial charge on any atom is -0.493 e. The second-order valence-electron chi connectivity index (χ2n) is 6.99. The minimum absolute atomic E-state index is 0.0216. The highest BCUT2D eigenvalue weighted by atomic mass is 35.5. The summed E-state index contributed by atoms with van der Waals surface area (Å²) in [6, 6.07) is 7.35. The molecule has 4 atom stereocenters. The standard InChI is InChI=1S/C21H22ClF2N3O6/c1-32-15-5-10-14(6-16(15)33-17(8-29)20(31)19(30)12(23)7-28)25-9-26-21(10)27-13-4-2-3-11(22)18(13)24/h2-6,9,12,17,19-20,28-31H,7-8H2,1H3,(H,25,26,27)/t12-,17-,19+,20+/m1/s1. The van der Waals surface area contributed by atoms with E-state index in [0.717, 1.165) is 0 Å². The lowest BCUT2D eigenvalue weighted by atomic mass is 10.0. The highest BCUT2D eigenvalue weighted by Gasteiger charge is 2.34. The lowest BCUT2D eigenvalue weighted by Crippen LogP contribution is -2.48. The molecule has 0 saturated heterocycles. The van der Waals surface area contributed by atoms with Crippen molar-refractivity contribution >= 4 is 34.0 Å². The third-order valence-corrected chi connectivity index (χ3v) is 5.15. The summed E-state index contributed by atoms with van der Waals surface area (Å²) < 4.78 is 38.8. The number of hydrogen-bond acceptors (Lipinski definition) is 9. The Hall–Kier alpha value is -2.83. The maximum Gasteiger partial charge on any atom is 0.165 e. The summed E-state index contributed by atoms with van der Waals surface area (Å²) in [4.78, 5) is 8.27. The maximum absolute atomic E-state index is 14.3. The third-order valence-electron chi connectivity index (χ3n) is 4.86. The zero-order valence-electron chi connectivity index (χ0n) is 17.3. The average Bonchev–Trinajstić information content (AvgIpc) is 2.83. The van der Waals surface area contributed by atoms with Crippen molar-refractivity contribution in [3.8, 4) is 11.5 Å². The van der Waals surface area contributed by atoms with Gasteiger partial charge >= 0.3 is 0 Å². The average molecular weight is 486 g/mol. The van der Waals surface area contributed by atoms with Gasteiger partial charge in [0, 0.05) is 11.5 Å². The van der Waals surface area contributed by atoms with Crippen LogP contribution in [0.25, 0.3) is 10.9 Å². The van der Waals surface area contributed by atoms with Gasteiger partial charge < -0.3 is 35.2 Å². The predicted molar refractivity (Wildman–Crippen MR) is 116 cm³/mol. The van der Waals surface area contributed by atoms with E-state index in [9.17, 15) is 24.1 Å². The molecule has 33 heavy (non-hydrogen) atoms. The van der Waals surface area contributed by atoms with Crippen LogP contribution in [0, 0.1) is 5.82 Å². The number of ether oxygens (including phenoxy) is 2. The molecule has 0 bridgehead atoms. The zero-order chi connectivity index (χ0) is 24.1. The molecule has 0 saturated carbocycles. The molecule has 5 N–H and O–H groups in total. The number of aliphatic hydroxyl groups excluding tert-OH is 4. The maximum atomic E-state index is 14.3. The van der Waals surface area contributed by atoms with E-state index in [1.165, 1.54) is 37.7 Å². The monoisotopic (exact) mass is 485 g/mol. The first-order chi connectivity index (χ1) is 15.8. The van der Waals surface area contributed by atoms with Crippen molar-refractivity contribution in [2.75, 3.05) is 25.6 Å². The summed E-state index contributed by atoms with van der Waals surface area (Å²) in [5, 5.41) is 41.6. The highest BCUT2D eigenvalue weighted by molar-refractivity contribution is 6.31. The highest BCUT2D eigenvalue weighted by Crippen LogP contribution is 2.36. The normalized spacial score (nSPS) is 15.0. The van der Waals surface area contributed by atoms with E-state index in [1.54, 1.807) is 6.07 Å². The molecule has 1 heterocycles. The molecule has 9 nitrogen and oxygen atoms in total. The van der Waals surface area contributed by atoms with Crippen molar-refractivity contribution in [2.24, 2.45) is 0 Å². The number of benzene rings is 2. The quantitative estimate of drug-likeness (QED) is 0.292. The molecule has 0 spiro atoms. The minimum atomic E-state index is -2.13. The summed E-state index contributed by atoms with van der Waals surface area (Å²) in [5.74, 6) is -0.270. The number of nitrogens with zero attached hydrogens (tertiary/aromatic N) is 2. The van der Waals surface area contributed by atoms with Gasteiger partial charge in [0.1, 0.15) is 24.4 Å². The number of alkyl halides is 1. The molecule has 178 valence electrons. The van der Waals surface area contributed by atoms with Crippen molar-refractivity contribution in [2.45, 2.75) is 24.5 Å². The lowest BCUT2D eigenvalue weighted by molar-refractivity contribution is -0.0981. The number of aromatic nitrogens is 2. The van der Waals surface area contributed by atoms with Crippen LogP contribution in [-0.2, 0) is 0 Å². The smallest absolute Gasteiger partial charge is 0.165 e. The SMILES string of the molecule is COc1cc2c(Nc3cccc(Cl)c3F)ncnc2cc1O[C@H](CO)[C@H](O)[C@@H](O)[C@H](F)CO. The van der Waals surface area contributed by atoms with Gasteiger partial charge in [0.2, 0.25) is 0 Å². The Balaban J connectivity index is 1.95. The van der Waals surface area contributed by atoms with Crippen LogP contribution in [-0.4, -0.2) is 75.2 Å². The molecule has 0 unspecified atom stereocenters. The molecule has 12 heteroatoms. The van der Waals surface area contributed by atoms with Gasteiger partial charge in [-0.1, -0.05) is 17.7 Å². The molecular weight excluding hydrogens is 464 g/mol. The number of rotatable bonds is 10. The van der Waals surface area contributed by atoms with Crippen LogP contribution in [0.2, 0.25) is 5.02 Å².